The van der Waals surface area contributed by atoms with Gasteiger partial charge in [-0.2, -0.15) is 0 Å². The fourth-order valence-corrected chi connectivity index (χ4v) is 1.81. The van der Waals surface area contributed by atoms with Crippen LogP contribution in [0.3, 0.4) is 0 Å². The summed E-state index contributed by atoms with van der Waals surface area (Å²) in [6, 6.07) is 3.21. The Bertz CT molecular complexity index is 427. The van der Waals surface area contributed by atoms with E-state index in [1.807, 2.05) is 7.05 Å². The molecule has 0 heterocycles. The first-order valence-corrected chi connectivity index (χ1v) is 6.04. The van der Waals surface area contributed by atoms with Crippen molar-refractivity contribution in [2.45, 2.75) is 33.7 Å². The zero-order chi connectivity index (χ0) is 14.1. The van der Waals surface area contributed by atoms with Crippen LogP contribution in [0.4, 0.5) is 15.8 Å². The first-order valence-electron chi connectivity index (χ1n) is 6.04. The molecule has 1 unspecified atom stereocenters. The van der Waals surface area contributed by atoms with Crippen molar-refractivity contribution in [1.29, 1.82) is 0 Å². The number of hydrogen-bond donors (Lipinski definition) is 1. The van der Waals surface area contributed by atoms with Crippen LogP contribution in [-0.2, 0) is 0 Å². The Labute approximate surface area is 109 Å². The molecule has 1 aromatic rings. The van der Waals surface area contributed by atoms with Gasteiger partial charge >= 0.3 is 0 Å². The minimum Gasteiger partial charge on any atom is -0.494 e. The second-order valence-electron chi connectivity index (χ2n) is 5.70. The SMILES string of the molecule is COc1cc(N(C)C(C)C(C)(C)C)c(N)cc1F. The number of methoxy groups -OCH3 is 1. The third-order valence-corrected chi connectivity index (χ3v) is 3.52. The van der Waals surface area contributed by atoms with Crippen LogP contribution in [0.1, 0.15) is 27.7 Å². The number of benzene rings is 1. The highest BCUT2D eigenvalue weighted by Gasteiger charge is 2.25. The van der Waals surface area contributed by atoms with Gasteiger partial charge < -0.3 is 15.4 Å². The molecule has 0 spiro atoms. The second-order valence-corrected chi connectivity index (χ2v) is 5.70. The Hall–Kier alpha value is -1.45. The van der Waals surface area contributed by atoms with Gasteiger partial charge in [0.1, 0.15) is 0 Å². The van der Waals surface area contributed by atoms with Crippen molar-refractivity contribution in [2.24, 2.45) is 5.41 Å². The Morgan fingerprint density at radius 3 is 2.33 bits per heavy atom. The van der Waals surface area contributed by atoms with Crippen molar-refractivity contribution >= 4 is 11.4 Å². The molecular weight excluding hydrogens is 231 g/mol. The van der Waals surface area contributed by atoms with E-state index in [0.717, 1.165) is 5.69 Å². The molecular formula is C14H23FN2O. The van der Waals surface area contributed by atoms with Gasteiger partial charge in [-0.15, -0.1) is 0 Å². The van der Waals surface area contributed by atoms with Crippen LogP contribution in [-0.4, -0.2) is 20.2 Å². The Morgan fingerprint density at radius 1 is 1.33 bits per heavy atom. The summed E-state index contributed by atoms with van der Waals surface area (Å²) < 4.78 is 18.5. The van der Waals surface area contributed by atoms with E-state index in [0.29, 0.717) is 5.69 Å². The van der Waals surface area contributed by atoms with Gasteiger partial charge in [-0.1, -0.05) is 20.8 Å². The fraction of sp³-hybridized carbons (Fsp3) is 0.571. The lowest BCUT2D eigenvalue weighted by Crippen LogP contribution is -2.39. The van der Waals surface area contributed by atoms with E-state index in [2.05, 4.69) is 32.6 Å². The maximum atomic E-state index is 13.5. The highest BCUT2D eigenvalue weighted by Crippen LogP contribution is 2.34. The molecule has 1 atom stereocenters. The molecule has 1 rings (SSSR count). The summed E-state index contributed by atoms with van der Waals surface area (Å²) in [4.78, 5) is 2.05. The molecule has 0 fully saturated rings. The number of anilines is 2. The summed E-state index contributed by atoms with van der Waals surface area (Å²) in [7, 11) is 3.41. The fourth-order valence-electron chi connectivity index (χ4n) is 1.81. The first kappa shape index (κ1) is 14.6. The number of halogens is 1. The monoisotopic (exact) mass is 254 g/mol. The highest BCUT2D eigenvalue weighted by molar-refractivity contribution is 5.70. The third-order valence-electron chi connectivity index (χ3n) is 3.52. The van der Waals surface area contributed by atoms with E-state index in [9.17, 15) is 4.39 Å². The largest absolute Gasteiger partial charge is 0.494 e. The van der Waals surface area contributed by atoms with Gasteiger partial charge in [0.2, 0.25) is 0 Å². The van der Waals surface area contributed by atoms with Crippen molar-refractivity contribution in [3.05, 3.63) is 17.9 Å². The van der Waals surface area contributed by atoms with E-state index >= 15 is 0 Å². The molecule has 2 N–H and O–H groups in total. The minimum absolute atomic E-state index is 0.100. The van der Waals surface area contributed by atoms with Crippen LogP contribution in [0.25, 0.3) is 0 Å². The molecule has 0 bridgehead atoms. The van der Waals surface area contributed by atoms with E-state index in [4.69, 9.17) is 10.5 Å². The Morgan fingerprint density at radius 2 is 1.89 bits per heavy atom. The lowest BCUT2D eigenvalue weighted by molar-refractivity contribution is 0.329. The van der Waals surface area contributed by atoms with Crippen LogP contribution in [0.15, 0.2) is 12.1 Å². The van der Waals surface area contributed by atoms with Crippen LogP contribution in [0, 0.1) is 11.2 Å². The zero-order valence-corrected chi connectivity index (χ0v) is 12.0. The Balaban J connectivity index is 3.17. The number of hydrogen-bond acceptors (Lipinski definition) is 3. The predicted molar refractivity (Wildman–Crippen MR) is 74.7 cm³/mol. The van der Waals surface area contributed by atoms with Gasteiger partial charge in [-0.25, -0.2) is 4.39 Å². The molecule has 1 aromatic carbocycles. The molecule has 0 aromatic heterocycles. The standard InChI is InChI=1S/C14H23FN2O/c1-9(14(2,3)4)17(5)12-8-13(18-6)10(15)7-11(12)16/h7-9H,16H2,1-6H3. The topological polar surface area (TPSA) is 38.5 Å². The van der Waals surface area contributed by atoms with Gasteiger partial charge in [-0.05, 0) is 12.3 Å². The van der Waals surface area contributed by atoms with E-state index in [1.54, 1.807) is 6.07 Å². The van der Waals surface area contributed by atoms with E-state index in [-0.39, 0.29) is 17.2 Å². The lowest BCUT2D eigenvalue weighted by atomic mass is 9.87. The van der Waals surface area contributed by atoms with Gasteiger partial charge in [0, 0.05) is 25.2 Å². The first-order chi connectivity index (χ1) is 8.18. The molecule has 18 heavy (non-hydrogen) atoms. The molecule has 3 nitrogen and oxygen atoms in total. The average Bonchev–Trinajstić information content (AvgIpc) is 2.26. The molecule has 0 aliphatic rings. The van der Waals surface area contributed by atoms with E-state index < -0.39 is 5.82 Å². The van der Waals surface area contributed by atoms with Crippen molar-refractivity contribution in [1.82, 2.24) is 0 Å². The second kappa shape index (κ2) is 5.04. The summed E-state index contributed by atoms with van der Waals surface area (Å²) in [6.07, 6.45) is 0. The summed E-state index contributed by atoms with van der Waals surface area (Å²) in [5.41, 5.74) is 7.20. The molecule has 4 heteroatoms. The molecule has 0 amide bonds. The van der Waals surface area contributed by atoms with E-state index in [1.165, 1.54) is 13.2 Å². The van der Waals surface area contributed by atoms with Gasteiger partial charge in [0.15, 0.2) is 11.6 Å². The number of nitrogen functional groups attached to an aromatic ring is 1. The van der Waals surface area contributed by atoms with Gasteiger partial charge in [0.05, 0.1) is 18.5 Å². The zero-order valence-electron chi connectivity index (χ0n) is 12.0. The van der Waals surface area contributed by atoms with Gasteiger partial charge in [-0.3, -0.25) is 0 Å². The highest BCUT2D eigenvalue weighted by atomic mass is 19.1. The number of rotatable bonds is 3. The summed E-state index contributed by atoms with van der Waals surface area (Å²) >= 11 is 0. The van der Waals surface area contributed by atoms with Crippen molar-refractivity contribution in [3.63, 3.8) is 0 Å². The normalized spacial score (nSPS) is 13.3. The molecule has 0 saturated carbocycles. The lowest BCUT2D eigenvalue weighted by Gasteiger charge is -2.37. The number of nitrogens with two attached hydrogens (primary N) is 1. The summed E-state index contributed by atoms with van der Waals surface area (Å²) in [5, 5.41) is 0. The third kappa shape index (κ3) is 2.86. The molecule has 0 saturated heterocycles. The average molecular weight is 254 g/mol. The molecule has 0 aliphatic heterocycles. The number of ether oxygens (including phenoxy) is 1. The molecule has 0 radical (unpaired) electrons. The van der Waals surface area contributed by atoms with Crippen LogP contribution in [0.2, 0.25) is 0 Å². The van der Waals surface area contributed by atoms with Crippen molar-refractivity contribution in [3.8, 4) is 5.75 Å². The summed E-state index contributed by atoms with van der Waals surface area (Å²) in [5.74, 6) is -0.220. The van der Waals surface area contributed by atoms with Gasteiger partial charge in [0.25, 0.3) is 0 Å². The summed E-state index contributed by atoms with van der Waals surface area (Å²) in [6.45, 7) is 8.59. The van der Waals surface area contributed by atoms with Crippen LogP contribution in [0.5, 0.6) is 5.75 Å². The van der Waals surface area contributed by atoms with Crippen LogP contribution < -0.4 is 15.4 Å². The minimum atomic E-state index is -0.435. The molecule has 0 aliphatic carbocycles. The smallest absolute Gasteiger partial charge is 0.167 e. The predicted octanol–water partition coefficient (Wildman–Crippen LogP) is 3.29. The quantitative estimate of drug-likeness (QED) is 0.841. The van der Waals surface area contributed by atoms with Crippen molar-refractivity contribution < 1.29 is 9.13 Å². The Kier molecular flexibility index (Phi) is 4.09. The maximum Gasteiger partial charge on any atom is 0.167 e. The van der Waals surface area contributed by atoms with Crippen molar-refractivity contribution in [2.75, 3.05) is 24.8 Å². The van der Waals surface area contributed by atoms with Crippen LogP contribution >= 0.6 is 0 Å². The maximum absolute atomic E-state index is 13.5. The molecule has 102 valence electrons. The number of nitrogens with zero attached hydrogens (tertiary/aromatic N) is 1.